The quantitative estimate of drug-likeness (QED) is 0.154. The van der Waals surface area contributed by atoms with E-state index in [0.29, 0.717) is 19.4 Å². The molecule has 0 radical (unpaired) electrons. The van der Waals surface area contributed by atoms with Crippen molar-refractivity contribution >= 4 is 34.6 Å². The minimum atomic E-state index is -1.73. The third-order valence-electron chi connectivity index (χ3n) is 7.33. The van der Waals surface area contributed by atoms with E-state index in [9.17, 15) is 19.5 Å². The van der Waals surface area contributed by atoms with Gasteiger partial charge in [-0.2, -0.15) is 0 Å². The zero-order valence-electron chi connectivity index (χ0n) is 25.2. The molecular weight excluding hydrogens is 554 g/mol. The third kappa shape index (κ3) is 11.0. The van der Waals surface area contributed by atoms with Gasteiger partial charge in [0.2, 0.25) is 0 Å². The summed E-state index contributed by atoms with van der Waals surface area (Å²) in [7, 11) is 1.59. The zero-order chi connectivity index (χ0) is 31.2. The van der Waals surface area contributed by atoms with E-state index in [1.807, 2.05) is 18.2 Å². The molecule has 2 aromatic carbocycles. The Bertz CT molecular complexity index is 1340. The van der Waals surface area contributed by atoms with Gasteiger partial charge in [0, 0.05) is 32.4 Å². The minimum absolute atomic E-state index is 0.156. The normalized spacial score (nSPS) is 12.6. The van der Waals surface area contributed by atoms with Gasteiger partial charge in [0.25, 0.3) is 5.91 Å². The van der Waals surface area contributed by atoms with Crippen LogP contribution in [0, 0.1) is 13.8 Å². The summed E-state index contributed by atoms with van der Waals surface area (Å²) in [6.07, 6.45) is 3.92. The Balaban J connectivity index is 1.44. The van der Waals surface area contributed by atoms with E-state index in [0.717, 1.165) is 55.4 Å². The first-order valence-corrected chi connectivity index (χ1v) is 14.7. The molecule has 0 saturated carbocycles. The van der Waals surface area contributed by atoms with Crippen LogP contribution in [0.5, 0.6) is 0 Å². The molecule has 0 bridgehead atoms. The molecule has 1 aromatic heterocycles. The van der Waals surface area contributed by atoms with Gasteiger partial charge in [0.05, 0.1) is 0 Å². The van der Waals surface area contributed by atoms with Crippen LogP contribution < -0.4 is 5.32 Å². The number of hydrogen-bond acceptors (Lipinski definition) is 8. The van der Waals surface area contributed by atoms with Crippen LogP contribution in [-0.2, 0) is 30.3 Å². The molecule has 3 rings (SSSR count). The number of oxazole rings is 1. The molecule has 43 heavy (non-hydrogen) atoms. The van der Waals surface area contributed by atoms with Crippen LogP contribution >= 0.6 is 0 Å². The van der Waals surface area contributed by atoms with Crippen molar-refractivity contribution in [2.45, 2.75) is 71.0 Å². The number of unbranched alkanes of at least 4 members (excludes halogenated alkanes) is 4. The molecule has 0 spiro atoms. The first-order valence-electron chi connectivity index (χ1n) is 14.7. The number of aromatic nitrogens is 1. The van der Waals surface area contributed by atoms with Gasteiger partial charge >= 0.3 is 11.9 Å². The van der Waals surface area contributed by atoms with Crippen molar-refractivity contribution in [3.63, 3.8) is 0 Å². The molecule has 1 amide bonds. The number of carbonyl (C=O) groups excluding carboxylic acids is 1. The number of likely N-dealkylation sites (N-methyl/N-ethyl adjacent to an activating group) is 1. The average Bonchev–Trinajstić information content (AvgIpc) is 3.44. The fourth-order valence-electron chi connectivity index (χ4n) is 4.69. The summed E-state index contributed by atoms with van der Waals surface area (Å²) < 4.78 is 16.1. The Morgan fingerprint density at radius 3 is 2.47 bits per heavy atom. The van der Waals surface area contributed by atoms with Gasteiger partial charge in [0.15, 0.2) is 24.2 Å². The standard InChI is InChI=1S/C32H43N3O8/c1-22-11-12-24(18-23(22)2)10-6-4-9-17-41-29(30(32(39)40)42-20-28(36)37)31(38)35(3)16-8-5-7-15-33-25-13-14-27-26(19-25)34-21-43-27/h11-14,18-19,21,29-30,33H,4-10,15-17,20H2,1-3H3,(H,36,37)(H,39,40). The SMILES string of the molecule is Cc1ccc(CCCCCOC(C(=O)N(C)CCCCCNc2ccc3ocnc3c2)C(OCC(=O)O)C(=O)O)cc1C. The lowest BCUT2D eigenvalue weighted by Crippen LogP contribution is -2.50. The molecular formula is C32H43N3O8. The number of aliphatic carboxylic acids is 2. The van der Waals surface area contributed by atoms with Crippen LogP contribution in [-0.4, -0.2) is 83.5 Å². The number of carbonyl (C=O) groups is 3. The van der Waals surface area contributed by atoms with Crippen LogP contribution in [0.3, 0.4) is 0 Å². The van der Waals surface area contributed by atoms with Crippen molar-refractivity contribution in [2.75, 3.05) is 38.7 Å². The molecule has 234 valence electrons. The van der Waals surface area contributed by atoms with E-state index < -0.39 is 36.7 Å². The Kier molecular flexibility index (Phi) is 13.4. The number of carboxylic acid groups (broad SMARTS) is 2. The molecule has 0 aliphatic rings. The Labute approximate surface area is 252 Å². The molecule has 11 nitrogen and oxygen atoms in total. The van der Waals surface area contributed by atoms with Crippen molar-refractivity contribution in [1.29, 1.82) is 0 Å². The van der Waals surface area contributed by atoms with Crippen molar-refractivity contribution in [1.82, 2.24) is 9.88 Å². The Morgan fingerprint density at radius 1 is 0.930 bits per heavy atom. The number of benzene rings is 2. The highest BCUT2D eigenvalue weighted by atomic mass is 16.6. The monoisotopic (exact) mass is 597 g/mol. The van der Waals surface area contributed by atoms with Gasteiger partial charge in [-0.15, -0.1) is 0 Å². The average molecular weight is 598 g/mol. The first-order chi connectivity index (χ1) is 20.7. The maximum Gasteiger partial charge on any atom is 0.336 e. The molecule has 1 heterocycles. The van der Waals surface area contributed by atoms with Gasteiger partial charge in [0.1, 0.15) is 12.1 Å². The Hall–Kier alpha value is -3.96. The summed E-state index contributed by atoms with van der Waals surface area (Å²) in [6.45, 7) is 4.61. The smallest absolute Gasteiger partial charge is 0.336 e. The summed E-state index contributed by atoms with van der Waals surface area (Å²) in [5.41, 5.74) is 6.23. The molecule has 0 aliphatic heterocycles. The zero-order valence-corrected chi connectivity index (χ0v) is 25.2. The maximum atomic E-state index is 13.3. The molecule has 3 aromatic rings. The lowest BCUT2D eigenvalue weighted by Gasteiger charge is -2.27. The maximum absolute atomic E-state index is 13.3. The number of carboxylic acids is 2. The number of rotatable bonds is 20. The van der Waals surface area contributed by atoms with E-state index in [1.165, 1.54) is 28.0 Å². The summed E-state index contributed by atoms with van der Waals surface area (Å²) >= 11 is 0. The number of amides is 1. The predicted molar refractivity (Wildman–Crippen MR) is 162 cm³/mol. The molecule has 0 saturated heterocycles. The second kappa shape index (κ2) is 17.2. The highest BCUT2D eigenvalue weighted by Gasteiger charge is 2.37. The van der Waals surface area contributed by atoms with Gasteiger partial charge in [-0.3, -0.25) is 4.79 Å². The minimum Gasteiger partial charge on any atom is -0.480 e. The van der Waals surface area contributed by atoms with Gasteiger partial charge in [-0.1, -0.05) is 24.6 Å². The predicted octanol–water partition coefficient (Wildman–Crippen LogP) is 4.84. The van der Waals surface area contributed by atoms with Crippen LogP contribution in [0.4, 0.5) is 5.69 Å². The number of ether oxygens (including phenoxy) is 2. The summed E-state index contributed by atoms with van der Waals surface area (Å²) in [5, 5.41) is 22.1. The van der Waals surface area contributed by atoms with Crippen LogP contribution in [0.2, 0.25) is 0 Å². The number of fused-ring (bicyclic) bond motifs is 1. The second-order valence-corrected chi connectivity index (χ2v) is 10.8. The highest BCUT2D eigenvalue weighted by Crippen LogP contribution is 2.18. The van der Waals surface area contributed by atoms with Gasteiger partial charge in [-0.25, -0.2) is 14.6 Å². The first kappa shape index (κ1) is 33.5. The molecule has 0 aliphatic carbocycles. The van der Waals surface area contributed by atoms with Crippen LogP contribution in [0.1, 0.15) is 55.2 Å². The molecule has 2 unspecified atom stereocenters. The van der Waals surface area contributed by atoms with Crippen molar-refractivity contribution in [2.24, 2.45) is 0 Å². The number of hydrogen-bond donors (Lipinski definition) is 3. The molecule has 2 atom stereocenters. The third-order valence-corrected chi connectivity index (χ3v) is 7.33. The van der Waals surface area contributed by atoms with Crippen molar-refractivity contribution in [3.8, 4) is 0 Å². The molecule has 11 heteroatoms. The van der Waals surface area contributed by atoms with Gasteiger partial charge in [-0.05, 0) is 87.3 Å². The highest BCUT2D eigenvalue weighted by molar-refractivity contribution is 5.88. The van der Waals surface area contributed by atoms with E-state index >= 15 is 0 Å². The lowest BCUT2D eigenvalue weighted by molar-refractivity contribution is -0.175. The summed E-state index contributed by atoms with van der Waals surface area (Å²) in [4.78, 5) is 41.8. The second-order valence-electron chi connectivity index (χ2n) is 10.8. The molecule has 3 N–H and O–H groups in total. The van der Waals surface area contributed by atoms with E-state index in [-0.39, 0.29) is 6.61 Å². The fraction of sp³-hybridized carbons (Fsp3) is 0.500. The van der Waals surface area contributed by atoms with E-state index in [4.69, 9.17) is 19.0 Å². The van der Waals surface area contributed by atoms with Crippen molar-refractivity contribution in [3.05, 3.63) is 59.5 Å². The Morgan fingerprint density at radius 2 is 1.72 bits per heavy atom. The fourth-order valence-corrected chi connectivity index (χ4v) is 4.69. The van der Waals surface area contributed by atoms with Gasteiger partial charge < -0.3 is 34.3 Å². The van der Waals surface area contributed by atoms with E-state index in [1.54, 1.807) is 7.05 Å². The number of nitrogens with one attached hydrogen (secondary N) is 1. The van der Waals surface area contributed by atoms with Crippen molar-refractivity contribution < 1.29 is 38.5 Å². The topological polar surface area (TPSA) is 151 Å². The summed E-state index contributed by atoms with van der Waals surface area (Å²) in [5.74, 6) is -3.32. The lowest BCUT2D eigenvalue weighted by atomic mass is 10.0. The number of nitrogens with zero attached hydrogens (tertiary/aromatic N) is 2. The number of aryl methyl sites for hydroxylation is 3. The summed E-state index contributed by atoms with van der Waals surface area (Å²) in [6, 6.07) is 12.1. The van der Waals surface area contributed by atoms with E-state index in [2.05, 4.69) is 42.3 Å². The largest absolute Gasteiger partial charge is 0.480 e. The number of anilines is 1. The van der Waals surface area contributed by atoms with Crippen LogP contribution in [0.25, 0.3) is 11.1 Å². The molecule has 0 fully saturated rings. The van der Waals surface area contributed by atoms with Crippen LogP contribution in [0.15, 0.2) is 47.2 Å².